The first-order valence-electron chi connectivity index (χ1n) is 9.36. The van der Waals surface area contributed by atoms with Gasteiger partial charge in [0.25, 0.3) is 5.91 Å². The number of aryl methyl sites for hydroxylation is 1. The van der Waals surface area contributed by atoms with Gasteiger partial charge in [0, 0.05) is 42.8 Å². The third-order valence-corrected chi connectivity index (χ3v) is 6.91. The third-order valence-electron chi connectivity index (χ3n) is 5.28. The van der Waals surface area contributed by atoms with Crippen LogP contribution in [0.2, 0.25) is 5.02 Å². The molecule has 0 spiro atoms. The van der Waals surface area contributed by atoms with Crippen molar-refractivity contribution in [3.05, 3.63) is 69.6 Å². The molecular weight excluding hydrogens is 376 g/mol. The Balaban J connectivity index is 1.39. The van der Waals surface area contributed by atoms with Crippen molar-refractivity contribution in [2.45, 2.75) is 13.3 Å². The van der Waals surface area contributed by atoms with Crippen molar-refractivity contribution in [3.63, 3.8) is 0 Å². The Bertz CT molecular complexity index is 946. The van der Waals surface area contributed by atoms with E-state index < -0.39 is 0 Å². The zero-order chi connectivity index (χ0) is 18.8. The largest absolute Gasteiger partial charge is 0.335 e. The maximum absolute atomic E-state index is 13.0. The smallest absolute Gasteiger partial charge is 0.265 e. The standard InChI is InChI=1S/C22H23ClN2OS/c1-16-6-5-9-18-19(16)20(23)21(27-18)22(26)25-14-12-24(13-15-25)11-10-17-7-3-2-4-8-17/h2-9H,10-15H2,1H3. The van der Waals surface area contributed by atoms with Crippen LogP contribution in [-0.2, 0) is 6.42 Å². The predicted molar refractivity (Wildman–Crippen MR) is 114 cm³/mol. The van der Waals surface area contributed by atoms with Crippen LogP contribution in [0.25, 0.3) is 10.1 Å². The third kappa shape index (κ3) is 3.88. The molecule has 5 heteroatoms. The molecule has 2 heterocycles. The number of amides is 1. The predicted octanol–water partition coefficient (Wildman–Crippen LogP) is 4.86. The number of fused-ring (bicyclic) bond motifs is 1. The molecule has 0 atom stereocenters. The second-order valence-corrected chi connectivity index (χ2v) is 8.49. The van der Waals surface area contributed by atoms with E-state index in [1.807, 2.05) is 30.0 Å². The molecule has 1 aromatic heterocycles. The minimum Gasteiger partial charge on any atom is -0.335 e. The van der Waals surface area contributed by atoms with Gasteiger partial charge in [-0.3, -0.25) is 9.69 Å². The van der Waals surface area contributed by atoms with Crippen molar-refractivity contribution in [3.8, 4) is 0 Å². The van der Waals surface area contributed by atoms with Gasteiger partial charge < -0.3 is 4.90 Å². The topological polar surface area (TPSA) is 23.6 Å². The van der Waals surface area contributed by atoms with Crippen LogP contribution in [-0.4, -0.2) is 48.4 Å². The van der Waals surface area contributed by atoms with E-state index in [1.165, 1.54) is 16.9 Å². The maximum atomic E-state index is 13.0. The van der Waals surface area contributed by atoms with E-state index in [-0.39, 0.29) is 5.91 Å². The summed E-state index contributed by atoms with van der Waals surface area (Å²) in [7, 11) is 0. The lowest BCUT2D eigenvalue weighted by atomic mass is 10.1. The first-order chi connectivity index (χ1) is 13.1. The fraction of sp³-hybridized carbons (Fsp3) is 0.318. The Morgan fingerprint density at radius 1 is 1.04 bits per heavy atom. The lowest BCUT2D eigenvalue weighted by molar-refractivity contribution is 0.0643. The molecule has 0 unspecified atom stereocenters. The Morgan fingerprint density at radius 2 is 1.78 bits per heavy atom. The van der Waals surface area contributed by atoms with Gasteiger partial charge in [0.1, 0.15) is 4.88 Å². The highest BCUT2D eigenvalue weighted by Crippen LogP contribution is 2.38. The second-order valence-electron chi connectivity index (χ2n) is 7.06. The summed E-state index contributed by atoms with van der Waals surface area (Å²) in [4.78, 5) is 18.1. The molecule has 4 rings (SSSR count). The zero-order valence-electron chi connectivity index (χ0n) is 15.5. The van der Waals surface area contributed by atoms with Crippen molar-refractivity contribution in [1.82, 2.24) is 9.80 Å². The van der Waals surface area contributed by atoms with Crippen LogP contribution in [0, 0.1) is 6.92 Å². The van der Waals surface area contributed by atoms with Gasteiger partial charge in [0.15, 0.2) is 0 Å². The molecule has 3 nitrogen and oxygen atoms in total. The fourth-order valence-corrected chi connectivity index (χ4v) is 5.31. The molecule has 1 saturated heterocycles. The van der Waals surface area contributed by atoms with Gasteiger partial charge in [-0.15, -0.1) is 11.3 Å². The highest BCUT2D eigenvalue weighted by atomic mass is 35.5. The molecule has 27 heavy (non-hydrogen) atoms. The maximum Gasteiger partial charge on any atom is 0.265 e. The first-order valence-corrected chi connectivity index (χ1v) is 10.6. The Labute approximate surface area is 169 Å². The normalized spacial score (nSPS) is 15.4. The van der Waals surface area contributed by atoms with E-state index in [2.05, 4.69) is 35.2 Å². The number of rotatable bonds is 4. The van der Waals surface area contributed by atoms with E-state index >= 15 is 0 Å². The number of carbonyl (C=O) groups is 1. The summed E-state index contributed by atoms with van der Waals surface area (Å²) in [5.41, 5.74) is 2.49. The van der Waals surface area contributed by atoms with Crippen LogP contribution >= 0.6 is 22.9 Å². The summed E-state index contributed by atoms with van der Waals surface area (Å²) in [6, 6.07) is 16.7. The van der Waals surface area contributed by atoms with Gasteiger partial charge in [-0.25, -0.2) is 0 Å². The number of carbonyl (C=O) groups excluding carboxylic acids is 1. The molecule has 0 aliphatic carbocycles. The number of benzene rings is 2. The van der Waals surface area contributed by atoms with Gasteiger partial charge in [-0.1, -0.05) is 54.1 Å². The molecular formula is C22H23ClN2OS. The molecule has 1 aliphatic heterocycles. The number of nitrogens with zero attached hydrogens (tertiary/aromatic N) is 2. The van der Waals surface area contributed by atoms with Crippen molar-refractivity contribution in [1.29, 1.82) is 0 Å². The zero-order valence-corrected chi connectivity index (χ0v) is 17.0. The van der Waals surface area contributed by atoms with Gasteiger partial charge in [0.2, 0.25) is 0 Å². The van der Waals surface area contributed by atoms with E-state index in [4.69, 9.17) is 11.6 Å². The minimum atomic E-state index is 0.0725. The lowest BCUT2D eigenvalue weighted by Gasteiger charge is -2.34. The summed E-state index contributed by atoms with van der Waals surface area (Å²) in [6.07, 6.45) is 1.05. The lowest BCUT2D eigenvalue weighted by Crippen LogP contribution is -2.49. The van der Waals surface area contributed by atoms with E-state index in [1.54, 1.807) is 0 Å². The summed E-state index contributed by atoms with van der Waals surface area (Å²) in [6.45, 7) is 6.43. The van der Waals surface area contributed by atoms with Crippen LogP contribution in [0.15, 0.2) is 48.5 Å². The number of thiophene rings is 1. The van der Waals surface area contributed by atoms with Gasteiger partial charge in [0.05, 0.1) is 5.02 Å². The fourth-order valence-electron chi connectivity index (χ4n) is 3.66. The average molecular weight is 399 g/mol. The summed E-state index contributed by atoms with van der Waals surface area (Å²) < 4.78 is 1.09. The van der Waals surface area contributed by atoms with Crippen LogP contribution in [0.5, 0.6) is 0 Å². The van der Waals surface area contributed by atoms with Crippen molar-refractivity contribution < 1.29 is 4.79 Å². The molecule has 0 bridgehead atoms. The summed E-state index contributed by atoms with van der Waals surface area (Å²) in [5.74, 6) is 0.0725. The molecule has 3 aromatic rings. The monoisotopic (exact) mass is 398 g/mol. The summed E-state index contributed by atoms with van der Waals surface area (Å²) >= 11 is 8.09. The molecule has 140 valence electrons. The number of hydrogen-bond donors (Lipinski definition) is 0. The SMILES string of the molecule is Cc1cccc2sc(C(=O)N3CCN(CCc4ccccc4)CC3)c(Cl)c12. The van der Waals surface area contributed by atoms with Crippen molar-refractivity contribution in [2.24, 2.45) is 0 Å². The Hall–Kier alpha value is -1.88. The second kappa shape index (κ2) is 8.01. The molecule has 0 radical (unpaired) electrons. The van der Waals surface area contributed by atoms with E-state index in [0.29, 0.717) is 9.90 Å². The van der Waals surface area contributed by atoms with E-state index in [0.717, 1.165) is 54.8 Å². The van der Waals surface area contributed by atoms with Crippen LogP contribution in [0.3, 0.4) is 0 Å². The quantitative estimate of drug-likeness (QED) is 0.626. The van der Waals surface area contributed by atoms with Crippen LogP contribution in [0.4, 0.5) is 0 Å². The molecule has 0 N–H and O–H groups in total. The molecule has 0 saturated carbocycles. The molecule has 2 aromatic carbocycles. The van der Waals surface area contributed by atoms with Gasteiger partial charge >= 0.3 is 0 Å². The van der Waals surface area contributed by atoms with Gasteiger partial charge in [-0.2, -0.15) is 0 Å². The molecule has 1 aliphatic rings. The van der Waals surface area contributed by atoms with Crippen molar-refractivity contribution in [2.75, 3.05) is 32.7 Å². The average Bonchev–Trinajstić information content (AvgIpc) is 3.05. The molecule has 1 amide bonds. The van der Waals surface area contributed by atoms with Crippen LogP contribution < -0.4 is 0 Å². The molecule has 1 fully saturated rings. The Morgan fingerprint density at radius 3 is 2.48 bits per heavy atom. The number of halogens is 1. The van der Waals surface area contributed by atoms with Gasteiger partial charge in [-0.05, 0) is 30.5 Å². The highest BCUT2D eigenvalue weighted by molar-refractivity contribution is 7.21. The minimum absolute atomic E-state index is 0.0725. The van der Waals surface area contributed by atoms with Crippen molar-refractivity contribution >= 4 is 38.9 Å². The van der Waals surface area contributed by atoms with Crippen LogP contribution in [0.1, 0.15) is 20.8 Å². The number of hydrogen-bond acceptors (Lipinski definition) is 3. The first kappa shape index (κ1) is 18.5. The highest BCUT2D eigenvalue weighted by Gasteiger charge is 2.26. The summed E-state index contributed by atoms with van der Waals surface area (Å²) in [5, 5.41) is 1.64. The number of piperazine rings is 1. The van der Waals surface area contributed by atoms with E-state index in [9.17, 15) is 4.79 Å². The Kier molecular flexibility index (Phi) is 5.48.